The first-order valence-corrected chi connectivity index (χ1v) is 10.3. The number of methoxy groups -OCH3 is 1. The molecule has 154 valence electrons. The minimum absolute atomic E-state index is 0.157. The van der Waals surface area contributed by atoms with Crippen LogP contribution in [0, 0.1) is 10.6 Å². The number of H-pyrrole nitrogens is 1. The fourth-order valence-electron chi connectivity index (χ4n) is 2.74. The van der Waals surface area contributed by atoms with Gasteiger partial charge in [0.15, 0.2) is 17.3 Å². The Labute approximate surface area is 186 Å². The van der Waals surface area contributed by atoms with Crippen molar-refractivity contribution in [3.8, 4) is 11.5 Å². The van der Waals surface area contributed by atoms with E-state index in [0.29, 0.717) is 39.8 Å². The largest absolute Gasteiger partial charge is 0.493 e. The highest BCUT2D eigenvalue weighted by atomic mass is 79.9. The Hall–Kier alpha value is -2.10. The number of aromatic amines is 1. The zero-order valence-electron chi connectivity index (χ0n) is 15.8. The Morgan fingerprint density at radius 2 is 2.14 bits per heavy atom. The van der Waals surface area contributed by atoms with Gasteiger partial charge in [-0.25, -0.2) is 9.07 Å². The average molecular weight is 502 g/mol. The molecular formula is C19H19BrClFN4O2S. The van der Waals surface area contributed by atoms with Crippen LogP contribution in [0.4, 0.5) is 4.39 Å². The van der Waals surface area contributed by atoms with Gasteiger partial charge in [-0.1, -0.05) is 40.5 Å². The van der Waals surface area contributed by atoms with Crippen LogP contribution in [0.25, 0.3) is 0 Å². The maximum atomic E-state index is 13.3. The maximum Gasteiger partial charge on any atom is 0.214 e. The zero-order valence-corrected chi connectivity index (χ0v) is 18.9. The Morgan fingerprint density at radius 1 is 1.34 bits per heavy atom. The molecule has 1 heterocycles. The third-order valence-electron chi connectivity index (χ3n) is 4.25. The second-order valence-electron chi connectivity index (χ2n) is 6.05. The van der Waals surface area contributed by atoms with E-state index in [-0.39, 0.29) is 6.61 Å². The summed E-state index contributed by atoms with van der Waals surface area (Å²) in [6.45, 7) is 2.54. The quantitative estimate of drug-likeness (QED) is 0.405. The maximum absolute atomic E-state index is 13.3. The average Bonchev–Trinajstić information content (AvgIpc) is 3.06. The van der Waals surface area contributed by atoms with Crippen molar-refractivity contribution >= 4 is 39.7 Å². The minimum Gasteiger partial charge on any atom is -0.493 e. The van der Waals surface area contributed by atoms with Gasteiger partial charge in [-0.2, -0.15) is 5.10 Å². The van der Waals surface area contributed by atoms with E-state index in [1.165, 1.54) is 12.1 Å². The molecule has 0 bridgehead atoms. The number of nitrogens with zero attached hydrogens (tertiary/aromatic N) is 2. The van der Waals surface area contributed by atoms with Crippen LogP contribution in [-0.4, -0.2) is 22.0 Å². The van der Waals surface area contributed by atoms with Gasteiger partial charge in [-0.15, -0.1) is 0 Å². The first kappa shape index (κ1) is 21.6. The molecule has 2 aromatic carbocycles. The van der Waals surface area contributed by atoms with Gasteiger partial charge in [-0.3, -0.25) is 5.10 Å². The zero-order chi connectivity index (χ0) is 21.0. The summed E-state index contributed by atoms with van der Waals surface area (Å²) >= 11 is 15.0. The number of benzene rings is 2. The van der Waals surface area contributed by atoms with E-state index in [0.717, 1.165) is 15.9 Å². The Morgan fingerprint density at radius 3 is 2.83 bits per heavy atom. The van der Waals surface area contributed by atoms with E-state index >= 15 is 0 Å². The molecule has 0 spiro atoms. The number of nitrogens with one attached hydrogen (secondary N) is 2. The summed E-state index contributed by atoms with van der Waals surface area (Å²) in [6.07, 6.45) is 0.714. The van der Waals surface area contributed by atoms with Gasteiger partial charge in [0, 0.05) is 22.0 Å². The van der Waals surface area contributed by atoms with Crippen molar-refractivity contribution in [3.05, 3.63) is 67.4 Å². The van der Waals surface area contributed by atoms with E-state index < -0.39 is 5.82 Å². The molecule has 29 heavy (non-hydrogen) atoms. The lowest BCUT2D eigenvalue weighted by Crippen LogP contribution is -2.18. The van der Waals surface area contributed by atoms with Crippen LogP contribution in [0.15, 0.2) is 34.8 Å². The van der Waals surface area contributed by atoms with Crippen LogP contribution >= 0.6 is 39.7 Å². The van der Waals surface area contributed by atoms with Gasteiger partial charge in [0.1, 0.15) is 12.4 Å². The van der Waals surface area contributed by atoms with Crippen molar-refractivity contribution in [2.24, 2.45) is 0 Å². The lowest BCUT2D eigenvalue weighted by molar-refractivity contribution is 0.281. The molecular weight excluding hydrogens is 483 g/mol. The predicted molar refractivity (Wildman–Crippen MR) is 116 cm³/mol. The van der Waals surface area contributed by atoms with Crippen LogP contribution < -0.4 is 14.9 Å². The Balaban J connectivity index is 1.88. The first-order chi connectivity index (χ1) is 13.9. The van der Waals surface area contributed by atoms with Gasteiger partial charge < -0.3 is 14.9 Å². The van der Waals surface area contributed by atoms with E-state index in [1.54, 1.807) is 23.9 Å². The number of hydrogen-bond donors (Lipinski definition) is 2. The van der Waals surface area contributed by atoms with Gasteiger partial charge in [0.05, 0.1) is 18.7 Å². The molecule has 0 saturated carbocycles. The van der Waals surface area contributed by atoms with Crippen molar-refractivity contribution in [3.63, 3.8) is 0 Å². The smallest absolute Gasteiger partial charge is 0.214 e. The van der Waals surface area contributed by atoms with Gasteiger partial charge in [-0.05, 0) is 36.5 Å². The minimum atomic E-state index is -0.396. The number of aromatic nitrogens is 3. The summed E-state index contributed by atoms with van der Waals surface area (Å²) in [5.41, 5.74) is 4.75. The lowest BCUT2D eigenvalue weighted by Gasteiger charge is -2.18. The van der Waals surface area contributed by atoms with Crippen molar-refractivity contribution in [1.82, 2.24) is 14.9 Å². The number of aryl methyl sites for hydroxylation is 1. The normalized spacial score (nSPS) is 10.8. The highest BCUT2D eigenvalue weighted by Gasteiger charge is 2.16. The molecule has 1 aromatic heterocycles. The summed E-state index contributed by atoms with van der Waals surface area (Å²) in [5, 5.41) is 7.26. The second-order valence-corrected chi connectivity index (χ2v) is 7.70. The summed E-state index contributed by atoms with van der Waals surface area (Å²) < 4.78 is 27.8. The van der Waals surface area contributed by atoms with E-state index in [9.17, 15) is 4.39 Å². The molecule has 10 heteroatoms. The molecule has 3 aromatic rings. The molecule has 0 aliphatic carbocycles. The van der Waals surface area contributed by atoms with Crippen LogP contribution in [0.3, 0.4) is 0 Å². The summed E-state index contributed by atoms with van der Waals surface area (Å²) in [5.74, 6) is 1.50. The molecule has 6 nitrogen and oxygen atoms in total. The number of hydrogen-bond acceptors (Lipinski definition) is 5. The van der Waals surface area contributed by atoms with Crippen molar-refractivity contribution in [1.29, 1.82) is 0 Å². The fourth-order valence-corrected chi connectivity index (χ4v) is 3.63. The molecule has 0 fully saturated rings. The van der Waals surface area contributed by atoms with Crippen LogP contribution in [0.1, 0.15) is 23.9 Å². The van der Waals surface area contributed by atoms with Crippen LogP contribution in [-0.2, 0) is 19.6 Å². The van der Waals surface area contributed by atoms with Crippen molar-refractivity contribution < 1.29 is 13.9 Å². The second kappa shape index (κ2) is 9.60. The topological polar surface area (TPSA) is 64.1 Å². The number of halogens is 3. The molecule has 0 aliphatic rings. The summed E-state index contributed by atoms with van der Waals surface area (Å²) in [6, 6.07) is 7.88. The third-order valence-corrected chi connectivity index (χ3v) is 5.61. The van der Waals surface area contributed by atoms with Gasteiger partial charge in [0.2, 0.25) is 4.77 Å². The molecule has 3 rings (SSSR count). The van der Waals surface area contributed by atoms with Crippen LogP contribution in [0.2, 0.25) is 5.02 Å². The highest BCUT2D eigenvalue weighted by molar-refractivity contribution is 9.10. The van der Waals surface area contributed by atoms with E-state index in [4.69, 9.17) is 33.3 Å². The Bertz CT molecular complexity index is 1070. The predicted octanol–water partition coefficient (Wildman–Crippen LogP) is 5.39. The third kappa shape index (κ3) is 4.91. The van der Waals surface area contributed by atoms with Gasteiger partial charge >= 0.3 is 0 Å². The number of rotatable bonds is 8. The lowest BCUT2D eigenvalue weighted by atomic mass is 10.1. The summed E-state index contributed by atoms with van der Waals surface area (Å²) in [7, 11) is 1.57. The Kier molecular flexibility index (Phi) is 7.15. The van der Waals surface area contributed by atoms with Gasteiger partial charge in [0.25, 0.3) is 0 Å². The van der Waals surface area contributed by atoms with Crippen molar-refractivity contribution in [2.45, 2.75) is 26.5 Å². The van der Waals surface area contributed by atoms with E-state index in [2.05, 4.69) is 31.6 Å². The molecule has 0 aliphatic heterocycles. The van der Waals surface area contributed by atoms with Crippen molar-refractivity contribution in [2.75, 3.05) is 12.5 Å². The molecule has 0 radical (unpaired) electrons. The standard InChI is InChI=1S/C19H19BrClFN4O2S/c1-3-17-24-25-19(29)26(17)23-9-13-14(20)6-7-16(27-2)18(13)28-10-11-4-5-12(22)8-15(11)21/h4-8,23H,3,9-10H2,1-2H3,(H,25,29). The van der Waals surface area contributed by atoms with E-state index in [1.807, 2.05) is 13.0 Å². The molecule has 0 amide bonds. The highest BCUT2D eigenvalue weighted by Crippen LogP contribution is 2.37. The van der Waals surface area contributed by atoms with Crippen LogP contribution in [0.5, 0.6) is 11.5 Å². The SMILES string of the molecule is CCc1n[nH]c(=S)n1NCc1c(Br)ccc(OC)c1OCc1ccc(F)cc1Cl. The fraction of sp³-hybridized carbons (Fsp3) is 0.263. The first-order valence-electron chi connectivity index (χ1n) is 8.76. The monoisotopic (exact) mass is 500 g/mol. The number of ether oxygens (including phenoxy) is 2. The molecule has 0 atom stereocenters. The molecule has 2 N–H and O–H groups in total. The molecule has 0 saturated heterocycles. The molecule has 0 unspecified atom stereocenters. The summed E-state index contributed by atoms with van der Waals surface area (Å²) in [4.78, 5) is 0.